The zero-order valence-corrected chi connectivity index (χ0v) is 13.3. The lowest BCUT2D eigenvalue weighted by molar-refractivity contribution is -0.138. The second kappa shape index (κ2) is 5.81. The van der Waals surface area contributed by atoms with Crippen LogP contribution in [0.4, 0.5) is 24.7 Å². The lowest BCUT2D eigenvalue weighted by Gasteiger charge is -2.35. The van der Waals surface area contributed by atoms with E-state index < -0.39 is 17.9 Å². The summed E-state index contributed by atoms with van der Waals surface area (Å²) in [5.41, 5.74) is 6.55. The minimum Gasteiger partial charge on any atom is -0.383 e. The van der Waals surface area contributed by atoms with Crippen LogP contribution >= 0.6 is 0 Å². The van der Waals surface area contributed by atoms with Crippen LogP contribution in [0.1, 0.15) is 30.0 Å². The first-order valence-corrected chi connectivity index (χ1v) is 7.59. The molecule has 1 aromatic heterocycles. The van der Waals surface area contributed by atoms with E-state index in [4.69, 9.17) is 5.73 Å². The molecular formula is C17H17F3N4. The third-order valence-electron chi connectivity index (χ3n) is 4.11. The van der Waals surface area contributed by atoms with Gasteiger partial charge in [0.2, 0.25) is 0 Å². The van der Waals surface area contributed by atoms with Crippen molar-refractivity contribution in [3.8, 4) is 0 Å². The van der Waals surface area contributed by atoms with Gasteiger partial charge in [0.05, 0.1) is 11.1 Å². The second-order valence-electron chi connectivity index (χ2n) is 5.60. The van der Waals surface area contributed by atoms with Crippen LogP contribution in [-0.2, 0) is 6.18 Å². The molecule has 0 saturated carbocycles. The van der Waals surface area contributed by atoms with E-state index >= 15 is 0 Å². The molecule has 0 bridgehead atoms. The van der Waals surface area contributed by atoms with Crippen molar-refractivity contribution in [3.05, 3.63) is 53.2 Å². The summed E-state index contributed by atoms with van der Waals surface area (Å²) in [4.78, 5) is 10.5. The van der Waals surface area contributed by atoms with Gasteiger partial charge in [-0.25, -0.2) is 9.98 Å². The van der Waals surface area contributed by atoms with E-state index in [0.29, 0.717) is 29.3 Å². The molecule has 1 aliphatic rings. The molecule has 0 radical (unpaired) electrons. The summed E-state index contributed by atoms with van der Waals surface area (Å²) in [5.74, 6) is 0.880. The number of hydrogen-bond acceptors (Lipinski definition) is 4. The van der Waals surface area contributed by atoms with Crippen molar-refractivity contribution in [3.63, 3.8) is 0 Å². The SMILES string of the molecule is CCC1N=C(N)c2cccnc2N1c1cccc(C(F)(F)F)c1C. The van der Waals surface area contributed by atoms with Crippen LogP contribution < -0.4 is 10.6 Å². The molecule has 24 heavy (non-hydrogen) atoms. The fourth-order valence-corrected chi connectivity index (χ4v) is 2.96. The Hall–Kier alpha value is -2.57. The van der Waals surface area contributed by atoms with Crippen LogP contribution in [-0.4, -0.2) is 17.0 Å². The van der Waals surface area contributed by atoms with E-state index in [1.807, 2.05) is 6.92 Å². The first kappa shape index (κ1) is 16.3. The van der Waals surface area contributed by atoms with E-state index in [-0.39, 0.29) is 5.56 Å². The van der Waals surface area contributed by atoms with E-state index in [0.717, 1.165) is 6.07 Å². The number of hydrogen-bond donors (Lipinski definition) is 1. The number of fused-ring (bicyclic) bond motifs is 1. The predicted molar refractivity (Wildman–Crippen MR) is 87.4 cm³/mol. The van der Waals surface area contributed by atoms with Gasteiger partial charge in [0, 0.05) is 11.9 Å². The van der Waals surface area contributed by atoms with Gasteiger partial charge < -0.3 is 10.6 Å². The van der Waals surface area contributed by atoms with Crippen LogP contribution in [0, 0.1) is 6.92 Å². The molecule has 0 amide bonds. The molecule has 2 N–H and O–H groups in total. The second-order valence-corrected chi connectivity index (χ2v) is 5.60. The molecule has 0 fully saturated rings. The fraction of sp³-hybridized carbons (Fsp3) is 0.294. The number of aliphatic imine (C=N–C) groups is 1. The van der Waals surface area contributed by atoms with Crippen LogP contribution in [0.2, 0.25) is 0 Å². The number of aromatic nitrogens is 1. The molecule has 0 aliphatic carbocycles. The smallest absolute Gasteiger partial charge is 0.383 e. The van der Waals surface area contributed by atoms with Gasteiger partial charge in [0.15, 0.2) is 0 Å². The minimum absolute atomic E-state index is 0.149. The normalized spacial score (nSPS) is 17.5. The van der Waals surface area contributed by atoms with Crippen molar-refractivity contribution in [2.75, 3.05) is 4.90 Å². The van der Waals surface area contributed by atoms with Gasteiger partial charge in [-0.2, -0.15) is 13.2 Å². The topological polar surface area (TPSA) is 54.5 Å². The van der Waals surface area contributed by atoms with Crippen molar-refractivity contribution in [2.45, 2.75) is 32.6 Å². The van der Waals surface area contributed by atoms with E-state index in [1.54, 1.807) is 29.3 Å². The number of anilines is 2. The van der Waals surface area contributed by atoms with Crippen LogP contribution in [0.25, 0.3) is 0 Å². The maximum Gasteiger partial charge on any atom is 0.416 e. The number of amidine groups is 1. The molecular weight excluding hydrogens is 317 g/mol. The minimum atomic E-state index is -4.41. The van der Waals surface area contributed by atoms with Crippen LogP contribution in [0.3, 0.4) is 0 Å². The van der Waals surface area contributed by atoms with Crippen LogP contribution in [0.15, 0.2) is 41.5 Å². The zero-order valence-electron chi connectivity index (χ0n) is 13.3. The summed E-state index contributed by atoms with van der Waals surface area (Å²) < 4.78 is 39.8. The average Bonchev–Trinajstić information content (AvgIpc) is 2.54. The lowest BCUT2D eigenvalue weighted by Crippen LogP contribution is -2.38. The molecule has 2 heterocycles. The fourth-order valence-electron chi connectivity index (χ4n) is 2.96. The number of nitrogens with zero attached hydrogens (tertiary/aromatic N) is 3. The van der Waals surface area contributed by atoms with Gasteiger partial charge in [-0.15, -0.1) is 0 Å². The number of alkyl halides is 3. The van der Waals surface area contributed by atoms with Gasteiger partial charge in [-0.05, 0) is 43.2 Å². The standard InChI is InChI=1S/C17H17F3N4/c1-3-14-23-15(21)11-6-5-9-22-16(11)24(14)13-8-4-7-12(10(13)2)17(18,19)20/h4-9,14H,3H2,1-2H3,(H2,21,23). The van der Waals surface area contributed by atoms with Gasteiger partial charge >= 0.3 is 6.18 Å². The maximum atomic E-state index is 13.3. The third kappa shape index (κ3) is 2.60. The molecule has 1 aliphatic heterocycles. The Balaban J connectivity index is 2.22. The molecule has 1 unspecified atom stereocenters. The monoisotopic (exact) mass is 334 g/mol. The number of nitrogens with two attached hydrogens (primary N) is 1. The number of benzene rings is 1. The Bertz CT molecular complexity index is 799. The highest BCUT2D eigenvalue weighted by Crippen LogP contribution is 2.40. The largest absolute Gasteiger partial charge is 0.416 e. The molecule has 1 aromatic carbocycles. The van der Waals surface area contributed by atoms with Gasteiger partial charge in [0.1, 0.15) is 17.8 Å². The number of rotatable bonds is 2. The Morgan fingerprint density at radius 3 is 2.62 bits per heavy atom. The molecule has 1 atom stereocenters. The lowest BCUT2D eigenvalue weighted by atomic mass is 10.0. The summed E-state index contributed by atoms with van der Waals surface area (Å²) in [6.07, 6.45) is -2.62. The van der Waals surface area contributed by atoms with Gasteiger partial charge in [-0.1, -0.05) is 13.0 Å². The summed E-state index contributed by atoms with van der Waals surface area (Å²) in [5, 5.41) is 0. The van der Waals surface area contributed by atoms with E-state index in [9.17, 15) is 13.2 Å². The van der Waals surface area contributed by atoms with Gasteiger partial charge in [0.25, 0.3) is 0 Å². The highest BCUT2D eigenvalue weighted by atomic mass is 19.4. The van der Waals surface area contributed by atoms with Gasteiger partial charge in [-0.3, -0.25) is 0 Å². The number of halogens is 3. The molecule has 3 rings (SSSR count). The molecule has 0 saturated heterocycles. The van der Waals surface area contributed by atoms with Crippen molar-refractivity contribution >= 4 is 17.3 Å². The highest BCUT2D eigenvalue weighted by Gasteiger charge is 2.35. The summed E-state index contributed by atoms with van der Waals surface area (Å²) in [6, 6.07) is 7.64. The third-order valence-corrected chi connectivity index (χ3v) is 4.11. The van der Waals surface area contributed by atoms with Crippen LogP contribution in [0.5, 0.6) is 0 Å². The Labute approximate surface area is 137 Å². The first-order valence-electron chi connectivity index (χ1n) is 7.59. The first-order chi connectivity index (χ1) is 11.3. The quantitative estimate of drug-likeness (QED) is 0.903. The van der Waals surface area contributed by atoms with Crippen molar-refractivity contribution in [2.24, 2.45) is 10.7 Å². The van der Waals surface area contributed by atoms with Crippen molar-refractivity contribution in [1.29, 1.82) is 0 Å². The molecule has 7 heteroatoms. The Morgan fingerprint density at radius 1 is 1.21 bits per heavy atom. The summed E-state index contributed by atoms with van der Waals surface area (Å²) in [6.45, 7) is 3.38. The predicted octanol–water partition coefficient (Wildman–Crippen LogP) is 4.00. The summed E-state index contributed by atoms with van der Waals surface area (Å²) in [7, 11) is 0. The highest BCUT2D eigenvalue weighted by molar-refractivity contribution is 6.04. The maximum absolute atomic E-state index is 13.3. The Morgan fingerprint density at radius 2 is 1.96 bits per heavy atom. The summed E-state index contributed by atoms with van der Waals surface area (Å²) >= 11 is 0. The van der Waals surface area contributed by atoms with E-state index in [2.05, 4.69) is 9.98 Å². The Kier molecular flexibility index (Phi) is 3.95. The molecule has 0 spiro atoms. The molecule has 4 nitrogen and oxygen atoms in total. The van der Waals surface area contributed by atoms with Crippen molar-refractivity contribution in [1.82, 2.24) is 4.98 Å². The number of pyridine rings is 1. The zero-order chi connectivity index (χ0) is 17.5. The van der Waals surface area contributed by atoms with E-state index in [1.165, 1.54) is 13.0 Å². The average molecular weight is 334 g/mol. The van der Waals surface area contributed by atoms with Crippen molar-refractivity contribution < 1.29 is 13.2 Å². The molecule has 126 valence electrons. The molecule has 2 aromatic rings.